The van der Waals surface area contributed by atoms with Crippen molar-refractivity contribution in [2.45, 2.75) is 58.5 Å². The van der Waals surface area contributed by atoms with Gasteiger partial charge in [-0.2, -0.15) is 0 Å². The van der Waals surface area contributed by atoms with Gasteiger partial charge in [0.1, 0.15) is 0 Å². The fourth-order valence-corrected chi connectivity index (χ4v) is 2.19. The smallest absolute Gasteiger partial charge is 0.217 e. The van der Waals surface area contributed by atoms with E-state index in [2.05, 4.69) is 26.9 Å². The summed E-state index contributed by atoms with van der Waals surface area (Å²) in [6.07, 6.45) is 1.27. The molecule has 0 spiro atoms. The van der Waals surface area contributed by atoms with Crippen molar-refractivity contribution in [3.8, 4) is 0 Å². The third-order valence-electron chi connectivity index (χ3n) is 2.54. The van der Waals surface area contributed by atoms with Crippen LogP contribution in [0, 0.1) is 0 Å². The molecule has 0 fully saturated rings. The summed E-state index contributed by atoms with van der Waals surface area (Å²) in [6.45, 7) is 11.9. The van der Waals surface area contributed by atoms with E-state index in [-0.39, 0.29) is 6.10 Å². The minimum atomic E-state index is -1.93. The lowest BCUT2D eigenvalue weighted by atomic mass is 10.3. The molecule has 1 N–H and O–H groups in total. The third kappa shape index (κ3) is 3.25. The molecule has 1 unspecified atom stereocenters. The summed E-state index contributed by atoms with van der Waals surface area (Å²) in [7, 11) is -1.93. The summed E-state index contributed by atoms with van der Waals surface area (Å²) in [6, 6.07) is 0. The summed E-state index contributed by atoms with van der Waals surface area (Å²) in [5.74, 6) is 0. The maximum Gasteiger partial charge on any atom is 0.217 e. The molecule has 1 atom stereocenters. The lowest BCUT2D eigenvalue weighted by Gasteiger charge is -2.36. The first-order chi connectivity index (χ1) is 5.20. The van der Waals surface area contributed by atoms with E-state index in [0.717, 1.165) is 6.42 Å². The maximum absolute atomic E-state index is 9.83. The van der Waals surface area contributed by atoms with E-state index in [9.17, 15) is 5.11 Å². The number of aliphatic hydroxyl groups is 1. The zero-order chi connectivity index (χ0) is 9.99. The quantitative estimate of drug-likeness (QED) is 0.689. The Labute approximate surface area is 77.1 Å². The molecule has 0 aliphatic carbocycles. The molecule has 0 rings (SSSR count). The van der Waals surface area contributed by atoms with E-state index in [0.29, 0.717) is 0 Å². The van der Waals surface area contributed by atoms with Crippen LogP contribution in [0.15, 0.2) is 0 Å². The Morgan fingerprint density at radius 1 is 1.42 bits per heavy atom. The first-order valence-electron chi connectivity index (χ1n) is 4.61. The first-order valence-corrected chi connectivity index (χ1v) is 7.51. The molecule has 0 aromatic carbocycles. The first kappa shape index (κ1) is 12.1. The summed E-state index contributed by atoms with van der Waals surface area (Å²) in [4.78, 5) is 0. The van der Waals surface area contributed by atoms with Gasteiger partial charge in [-0.25, -0.2) is 0 Å². The second-order valence-corrected chi connectivity index (χ2v) is 8.89. The zero-order valence-electron chi connectivity index (χ0n) is 9.14. The summed E-state index contributed by atoms with van der Waals surface area (Å²) >= 11 is 0. The summed E-state index contributed by atoms with van der Waals surface area (Å²) in [5.41, 5.74) is 0. The van der Waals surface area contributed by atoms with Gasteiger partial charge in [-0.15, -0.1) is 0 Å². The highest BCUT2D eigenvalue weighted by atomic mass is 28.4. The molecule has 0 aromatic heterocycles. The molecule has 12 heavy (non-hydrogen) atoms. The van der Waals surface area contributed by atoms with Crippen LogP contribution < -0.4 is 0 Å². The molecular formula is C9H22O2Si. The topological polar surface area (TPSA) is 29.5 Å². The lowest BCUT2D eigenvalue weighted by Crippen LogP contribution is -2.54. The molecule has 0 bridgehead atoms. The van der Waals surface area contributed by atoms with E-state index in [1.54, 1.807) is 0 Å². The van der Waals surface area contributed by atoms with Gasteiger partial charge in [0, 0.05) is 6.10 Å². The Morgan fingerprint density at radius 3 is 2.08 bits per heavy atom. The van der Waals surface area contributed by atoms with E-state index in [1.807, 2.05) is 13.8 Å². The van der Waals surface area contributed by atoms with Gasteiger partial charge in [0.2, 0.25) is 8.32 Å². The van der Waals surface area contributed by atoms with Crippen molar-refractivity contribution in [3.63, 3.8) is 0 Å². The Bertz CT molecular complexity index is 138. The van der Waals surface area contributed by atoms with Crippen molar-refractivity contribution in [2.24, 2.45) is 0 Å². The Kier molecular flexibility index (Phi) is 3.94. The number of hydrogen-bond acceptors (Lipinski definition) is 2. The van der Waals surface area contributed by atoms with Crippen LogP contribution in [0.25, 0.3) is 0 Å². The van der Waals surface area contributed by atoms with Crippen molar-refractivity contribution in [1.82, 2.24) is 0 Å². The molecule has 0 aliphatic heterocycles. The predicted molar refractivity (Wildman–Crippen MR) is 54.6 cm³/mol. The standard InChI is InChI=1S/C9H22O2Si/c1-7-8(2)11-12(5,6)9(3,4)10/h8,10H,7H2,1-6H3. The highest BCUT2D eigenvalue weighted by Crippen LogP contribution is 2.22. The lowest BCUT2D eigenvalue weighted by molar-refractivity contribution is 0.100. The Balaban J connectivity index is 4.22. The maximum atomic E-state index is 9.83. The van der Waals surface area contributed by atoms with Gasteiger partial charge in [0.25, 0.3) is 0 Å². The minimum Gasteiger partial charge on any atom is -0.412 e. The highest BCUT2D eigenvalue weighted by Gasteiger charge is 2.40. The second kappa shape index (κ2) is 3.90. The third-order valence-corrected chi connectivity index (χ3v) is 6.48. The van der Waals surface area contributed by atoms with Crippen molar-refractivity contribution in [1.29, 1.82) is 0 Å². The molecular weight excluding hydrogens is 168 g/mol. The Hall–Kier alpha value is 0.137. The number of rotatable bonds is 4. The van der Waals surface area contributed by atoms with Gasteiger partial charge in [0.15, 0.2) is 0 Å². The average molecular weight is 190 g/mol. The average Bonchev–Trinajstić information content (AvgIpc) is 1.84. The Morgan fingerprint density at radius 2 is 1.83 bits per heavy atom. The van der Waals surface area contributed by atoms with Crippen LogP contribution in [0.4, 0.5) is 0 Å². The molecule has 0 heterocycles. The molecule has 3 heteroatoms. The molecule has 0 saturated carbocycles. The molecule has 74 valence electrons. The second-order valence-electron chi connectivity index (χ2n) is 4.41. The van der Waals surface area contributed by atoms with Crippen LogP contribution in [0.3, 0.4) is 0 Å². The normalized spacial score (nSPS) is 16.2. The van der Waals surface area contributed by atoms with Crippen molar-refractivity contribution in [2.75, 3.05) is 0 Å². The molecule has 0 saturated heterocycles. The van der Waals surface area contributed by atoms with Gasteiger partial charge in [-0.3, -0.25) is 0 Å². The van der Waals surface area contributed by atoms with Gasteiger partial charge < -0.3 is 9.53 Å². The zero-order valence-corrected chi connectivity index (χ0v) is 10.1. The fourth-order valence-electron chi connectivity index (χ4n) is 0.730. The molecule has 0 aromatic rings. The monoisotopic (exact) mass is 190 g/mol. The van der Waals surface area contributed by atoms with Crippen LogP contribution >= 0.6 is 0 Å². The van der Waals surface area contributed by atoms with E-state index >= 15 is 0 Å². The summed E-state index contributed by atoms with van der Waals surface area (Å²) in [5, 5.41) is 9.17. The van der Waals surface area contributed by atoms with Gasteiger partial charge >= 0.3 is 0 Å². The van der Waals surface area contributed by atoms with Crippen molar-refractivity contribution >= 4 is 8.32 Å². The summed E-state index contributed by atoms with van der Waals surface area (Å²) < 4.78 is 5.84. The van der Waals surface area contributed by atoms with E-state index in [1.165, 1.54) is 0 Å². The van der Waals surface area contributed by atoms with Crippen LogP contribution in [-0.4, -0.2) is 24.8 Å². The van der Waals surface area contributed by atoms with Gasteiger partial charge in [-0.05, 0) is 40.3 Å². The SMILES string of the molecule is CCC(C)O[Si](C)(C)C(C)(C)O. The molecule has 0 amide bonds. The predicted octanol–water partition coefficient (Wildman–Crippen LogP) is 2.32. The molecule has 0 radical (unpaired) electrons. The largest absolute Gasteiger partial charge is 0.412 e. The fraction of sp³-hybridized carbons (Fsp3) is 1.00. The van der Waals surface area contributed by atoms with Crippen LogP contribution in [0.2, 0.25) is 13.1 Å². The van der Waals surface area contributed by atoms with E-state index < -0.39 is 13.5 Å². The van der Waals surface area contributed by atoms with Gasteiger partial charge in [-0.1, -0.05) is 6.92 Å². The number of hydrogen-bond donors (Lipinski definition) is 1. The van der Waals surface area contributed by atoms with Crippen LogP contribution in [-0.2, 0) is 4.43 Å². The van der Waals surface area contributed by atoms with Crippen molar-refractivity contribution < 1.29 is 9.53 Å². The minimum absolute atomic E-state index is 0.262. The molecule has 2 nitrogen and oxygen atoms in total. The van der Waals surface area contributed by atoms with Crippen LogP contribution in [0.5, 0.6) is 0 Å². The highest BCUT2D eigenvalue weighted by molar-refractivity contribution is 6.73. The van der Waals surface area contributed by atoms with Gasteiger partial charge in [0.05, 0.1) is 5.22 Å². The van der Waals surface area contributed by atoms with Crippen LogP contribution in [0.1, 0.15) is 34.1 Å². The van der Waals surface area contributed by atoms with Crippen molar-refractivity contribution in [3.05, 3.63) is 0 Å². The molecule has 0 aliphatic rings. The van der Waals surface area contributed by atoms with E-state index in [4.69, 9.17) is 4.43 Å².